The van der Waals surface area contributed by atoms with Crippen LogP contribution in [0.25, 0.3) is 44.0 Å². The summed E-state index contributed by atoms with van der Waals surface area (Å²) in [5.74, 6) is 0. The van der Waals surface area contributed by atoms with Crippen LogP contribution in [-0.4, -0.2) is 0 Å². The van der Waals surface area contributed by atoms with Gasteiger partial charge < -0.3 is 4.42 Å². The second kappa shape index (κ2) is 5.68. The molecule has 0 aliphatic heterocycles. The summed E-state index contributed by atoms with van der Waals surface area (Å²) < 4.78 is 8.77. The molecule has 5 aromatic rings. The molecule has 0 spiro atoms. The summed E-state index contributed by atoms with van der Waals surface area (Å²) in [5, 5.41) is 4.77. The van der Waals surface area contributed by atoms with Gasteiger partial charge in [-0.3, -0.25) is 0 Å². The van der Waals surface area contributed by atoms with Crippen molar-refractivity contribution in [1.29, 1.82) is 0 Å². The third-order valence-electron chi connectivity index (χ3n) is 5.57. The van der Waals surface area contributed by atoms with Crippen LogP contribution in [0.5, 0.6) is 0 Å². The third kappa shape index (κ3) is 2.30. The van der Waals surface area contributed by atoms with Crippen LogP contribution < -0.4 is 4.57 Å². The fourth-order valence-corrected chi connectivity index (χ4v) is 4.35. The van der Waals surface area contributed by atoms with Gasteiger partial charge in [0.05, 0.1) is 5.56 Å². The van der Waals surface area contributed by atoms with Gasteiger partial charge in [-0.25, -0.2) is 0 Å². The molecule has 0 aliphatic carbocycles. The minimum atomic E-state index is 0.968. The Morgan fingerprint density at radius 3 is 2.41 bits per heavy atom. The van der Waals surface area contributed by atoms with Crippen LogP contribution in [0.2, 0.25) is 0 Å². The molecule has 5 rings (SSSR count). The van der Waals surface area contributed by atoms with E-state index >= 15 is 0 Å². The fourth-order valence-electron chi connectivity index (χ4n) is 4.35. The number of fused-ring (bicyclic) bond motifs is 5. The first kappa shape index (κ1) is 16.1. The van der Waals surface area contributed by atoms with Crippen molar-refractivity contribution in [3.05, 3.63) is 77.5 Å². The van der Waals surface area contributed by atoms with Crippen molar-refractivity contribution in [2.45, 2.75) is 20.8 Å². The molecule has 0 N–H and O–H groups in total. The van der Waals surface area contributed by atoms with E-state index in [1.54, 1.807) is 0 Å². The summed E-state index contributed by atoms with van der Waals surface area (Å²) in [7, 11) is 2.10. The van der Waals surface area contributed by atoms with Gasteiger partial charge >= 0.3 is 0 Å². The van der Waals surface area contributed by atoms with E-state index in [0.29, 0.717) is 0 Å². The zero-order valence-electron chi connectivity index (χ0n) is 16.1. The van der Waals surface area contributed by atoms with Crippen LogP contribution in [0, 0.1) is 20.8 Å². The van der Waals surface area contributed by atoms with Crippen molar-refractivity contribution < 1.29 is 8.98 Å². The smallest absolute Gasteiger partial charge is 0.256 e. The van der Waals surface area contributed by atoms with E-state index in [4.69, 9.17) is 4.42 Å². The molecule has 0 amide bonds. The number of furan rings is 1. The Kier molecular flexibility index (Phi) is 3.38. The molecule has 3 aromatic carbocycles. The van der Waals surface area contributed by atoms with Crippen LogP contribution in [0.3, 0.4) is 0 Å². The Hall–Kier alpha value is -3.13. The Morgan fingerprint density at radius 1 is 0.778 bits per heavy atom. The number of hydrogen-bond donors (Lipinski definition) is 0. The van der Waals surface area contributed by atoms with Crippen molar-refractivity contribution in [2.75, 3.05) is 0 Å². The molecule has 2 nitrogen and oxygen atoms in total. The van der Waals surface area contributed by atoms with Gasteiger partial charge in [-0.2, -0.15) is 4.57 Å². The zero-order chi connectivity index (χ0) is 18.7. The van der Waals surface area contributed by atoms with Crippen LogP contribution in [0.15, 0.2) is 65.2 Å². The molecule has 0 saturated carbocycles. The lowest BCUT2D eigenvalue weighted by Crippen LogP contribution is -2.31. The first-order valence-corrected chi connectivity index (χ1v) is 9.35. The number of hydrogen-bond acceptors (Lipinski definition) is 1. The fraction of sp³-hybridized carbons (Fsp3) is 0.160. The summed E-state index contributed by atoms with van der Waals surface area (Å²) in [6.45, 7) is 6.47. The average Bonchev–Trinajstić information content (AvgIpc) is 3.03. The highest BCUT2D eigenvalue weighted by Gasteiger charge is 2.24. The van der Waals surface area contributed by atoms with Gasteiger partial charge in [0.1, 0.15) is 12.6 Å². The Labute approximate surface area is 158 Å². The molecule has 0 fully saturated rings. The normalized spacial score (nSPS) is 11.7. The molecule has 0 unspecified atom stereocenters. The molecule has 2 aromatic heterocycles. The van der Waals surface area contributed by atoms with Crippen molar-refractivity contribution in [2.24, 2.45) is 7.05 Å². The van der Waals surface area contributed by atoms with Crippen molar-refractivity contribution in [3.8, 4) is 11.3 Å². The first-order valence-electron chi connectivity index (χ1n) is 9.35. The average molecular weight is 352 g/mol. The van der Waals surface area contributed by atoms with Crippen LogP contribution in [0.1, 0.15) is 16.7 Å². The zero-order valence-corrected chi connectivity index (χ0v) is 16.1. The van der Waals surface area contributed by atoms with Gasteiger partial charge in [0.15, 0.2) is 6.20 Å². The summed E-state index contributed by atoms with van der Waals surface area (Å²) in [6, 6.07) is 19.4. The molecule has 2 heteroatoms. The largest absolute Gasteiger partial charge is 0.448 e. The number of aromatic nitrogens is 1. The van der Waals surface area contributed by atoms with Crippen LogP contribution >= 0.6 is 0 Å². The highest BCUT2D eigenvalue weighted by molar-refractivity contribution is 6.17. The van der Waals surface area contributed by atoms with Crippen molar-refractivity contribution >= 4 is 32.7 Å². The van der Waals surface area contributed by atoms with Gasteiger partial charge in [0, 0.05) is 21.7 Å². The van der Waals surface area contributed by atoms with Gasteiger partial charge in [0.2, 0.25) is 5.58 Å². The standard InChI is InChI=1S/C25H22NO/c1-15-9-11-19(16(2)13-15)23-25-22(17(3)14-26(23)4)21-12-10-18-7-5-6-8-20(18)24(21)27-25/h5-14H,1-4H3/q+1. The van der Waals surface area contributed by atoms with E-state index < -0.39 is 0 Å². The summed E-state index contributed by atoms with van der Waals surface area (Å²) in [6.07, 6.45) is 2.21. The topological polar surface area (TPSA) is 17.0 Å². The lowest BCUT2D eigenvalue weighted by Gasteiger charge is -2.07. The molecule has 0 atom stereocenters. The number of rotatable bonds is 1. The quantitative estimate of drug-likeness (QED) is 0.330. The predicted molar refractivity (Wildman–Crippen MR) is 112 cm³/mol. The maximum atomic E-state index is 6.58. The molecule has 0 bridgehead atoms. The second-order valence-corrected chi connectivity index (χ2v) is 7.56. The van der Waals surface area contributed by atoms with E-state index in [0.717, 1.165) is 16.9 Å². The Morgan fingerprint density at radius 2 is 1.59 bits per heavy atom. The first-order chi connectivity index (χ1) is 13.0. The van der Waals surface area contributed by atoms with E-state index in [9.17, 15) is 0 Å². The highest BCUT2D eigenvalue weighted by Crippen LogP contribution is 2.39. The van der Waals surface area contributed by atoms with E-state index in [2.05, 4.69) is 93.2 Å². The molecule has 0 saturated heterocycles. The predicted octanol–water partition coefficient (Wildman–Crippen LogP) is 6.16. The van der Waals surface area contributed by atoms with Gasteiger partial charge in [-0.1, -0.05) is 48.0 Å². The second-order valence-electron chi connectivity index (χ2n) is 7.56. The highest BCUT2D eigenvalue weighted by atomic mass is 16.3. The third-order valence-corrected chi connectivity index (χ3v) is 5.57. The minimum Gasteiger partial charge on any atom is -0.448 e. The summed E-state index contributed by atoms with van der Waals surface area (Å²) in [5.41, 5.74) is 8.07. The van der Waals surface area contributed by atoms with E-state index in [1.807, 2.05) is 0 Å². The van der Waals surface area contributed by atoms with E-state index in [-0.39, 0.29) is 0 Å². The molecule has 27 heavy (non-hydrogen) atoms. The summed E-state index contributed by atoms with van der Waals surface area (Å²) >= 11 is 0. The maximum Gasteiger partial charge on any atom is 0.256 e. The van der Waals surface area contributed by atoms with Gasteiger partial charge in [-0.05, 0) is 43.9 Å². The number of benzene rings is 3. The Bertz CT molecular complexity index is 1360. The molecule has 2 heterocycles. The molecule has 0 aliphatic rings. The number of pyridine rings is 1. The number of nitrogens with zero attached hydrogens (tertiary/aromatic N) is 1. The van der Waals surface area contributed by atoms with Crippen LogP contribution in [-0.2, 0) is 7.05 Å². The van der Waals surface area contributed by atoms with Gasteiger partial charge in [-0.15, -0.1) is 0 Å². The van der Waals surface area contributed by atoms with Crippen molar-refractivity contribution in [3.63, 3.8) is 0 Å². The van der Waals surface area contributed by atoms with Crippen molar-refractivity contribution in [1.82, 2.24) is 0 Å². The molecular formula is C25H22NO+. The lowest BCUT2D eigenvalue weighted by molar-refractivity contribution is -0.659. The lowest BCUT2D eigenvalue weighted by atomic mass is 9.99. The summed E-state index contributed by atoms with van der Waals surface area (Å²) in [4.78, 5) is 0. The van der Waals surface area contributed by atoms with Gasteiger partial charge in [0.25, 0.3) is 5.69 Å². The number of aryl methyl sites for hydroxylation is 4. The Balaban J connectivity index is 1.98. The molecule has 132 valence electrons. The van der Waals surface area contributed by atoms with Crippen LogP contribution in [0.4, 0.5) is 0 Å². The molecule has 0 radical (unpaired) electrons. The monoisotopic (exact) mass is 352 g/mol. The molecular weight excluding hydrogens is 330 g/mol. The minimum absolute atomic E-state index is 0.968. The maximum absolute atomic E-state index is 6.58. The van der Waals surface area contributed by atoms with E-state index in [1.165, 1.54) is 43.8 Å². The SMILES string of the molecule is Cc1ccc(-c2c3oc4c5ccccc5ccc4c3c(C)c[n+]2C)c(C)c1.